The van der Waals surface area contributed by atoms with Crippen LogP contribution < -0.4 is 10.5 Å². The van der Waals surface area contributed by atoms with Gasteiger partial charge < -0.3 is 10.8 Å². The van der Waals surface area contributed by atoms with Crippen LogP contribution in [0.15, 0.2) is 48.5 Å². The molecule has 0 aliphatic carbocycles. The van der Waals surface area contributed by atoms with Crippen LogP contribution in [-0.2, 0) is 38.2 Å². The van der Waals surface area contributed by atoms with Gasteiger partial charge in [-0.1, -0.05) is 48.0 Å². The monoisotopic (exact) mass is 508 g/mol. The van der Waals surface area contributed by atoms with Crippen molar-refractivity contribution in [2.24, 2.45) is 5.73 Å². The number of nitrogens with one attached hydrogen (secondary N) is 1. The summed E-state index contributed by atoms with van der Waals surface area (Å²) in [6.45, 7) is 2.05. The van der Waals surface area contributed by atoms with Crippen LogP contribution >= 0.6 is 11.6 Å². The number of nitrogens with zero attached hydrogens (tertiary/aromatic N) is 1. The molecule has 2 amide bonds. The second kappa shape index (κ2) is 10.1. The van der Waals surface area contributed by atoms with Crippen molar-refractivity contribution in [3.63, 3.8) is 0 Å². The Morgan fingerprint density at radius 2 is 1.88 bits per heavy atom. The molecule has 1 fully saturated rings. The number of nitrogens with two attached hydrogens (primary N) is 1. The smallest absolute Gasteiger partial charge is 0.350 e. The molecule has 34 heavy (non-hydrogen) atoms. The maximum atomic E-state index is 14.0. The normalized spacial score (nSPS) is 22.3. The first kappa shape index (κ1) is 26.3. The second-order valence-electron chi connectivity index (χ2n) is 9.05. The second-order valence-corrected chi connectivity index (χ2v) is 11.3. The predicted octanol–water partition coefficient (Wildman–Crippen LogP) is 1.83. The number of benzene rings is 2. The molecule has 3 rings (SSSR count). The summed E-state index contributed by atoms with van der Waals surface area (Å²) in [5.41, 5.74) is 5.82. The Morgan fingerprint density at radius 3 is 2.50 bits per heavy atom. The number of carbonyl (C=O) groups excluding carboxylic acids is 2. The van der Waals surface area contributed by atoms with Crippen LogP contribution in [0.25, 0.3) is 0 Å². The fourth-order valence-electron chi connectivity index (χ4n) is 4.84. The van der Waals surface area contributed by atoms with Crippen molar-refractivity contribution in [1.82, 2.24) is 4.72 Å². The molecule has 1 heterocycles. The number of carbonyl (C=O) groups is 2. The summed E-state index contributed by atoms with van der Waals surface area (Å²) in [6.07, 6.45) is 2.47. The Morgan fingerprint density at radius 1 is 1.21 bits per heavy atom. The van der Waals surface area contributed by atoms with E-state index in [1.165, 1.54) is 6.92 Å². The molecule has 10 heteroatoms. The van der Waals surface area contributed by atoms with E-state index in [2.05, 4.69) is 4.72 Å². The van der Waals surface area contributed by atoms with Gasteiger partial charge in [0.2, 0.25) is 15.6 Å². The molecule has 0 aromatic heterocycles. The molecule has 1 saturated heterocycles. The fourth-order valence-corrected chi connectivity index (χ4v) is 5.51. The minimum absolute atomic E-state index is 0.101. The van der Waals surface area contributed by atoms with E-state index in [4.69, 9.17) is 17.3 Å². The van der Waals surface area contributed by atoms with Gasteiger partial charge in [-0.2, -0.15) is 0 Å². The Balaban J connectivity index is 2.04. The molecule has 2 aromatic carbocycles. The third-order valence-electron chi connectivity index (χ3n) is 6.50. The van der Waals surface area contributed by atoms with Gasteiger partial charge in [0, 0.05) is 30.0 Å². The van der Waals surface area contributed by atoms with Crippen LogP contribution in [0.1, 0.15) is 36.5 Å². The van der Waals surface area contributed by atoms with Crippen LogP contribution in [0.3, 0.4) is 0 Å². The molecule has 0 bridgehead atoms. The summed E-state index contributed by atoms with van der Waals surface area (Å²) in [7, 11) is -3.36. The zero-order valence-corrected chi connectivity index (χ0v) is 20.9. The third-order valence-corrected chi connectivity index (χ3v) is 7.46. The highest BCUT2D eigenvalue weighted by Crippen LogP contribution is 2.37. The van der Waals surface area contributed by atoms with E-state index in [-0.39, 0.29) is 17.6 Å². The summed E-state index contributed by atoms with van der Waals surface area (Å²) in [4.78, 5) is 26.5. The molecule has 0 saturated carbocycles. The van der Waals surface area contributed by atoms with Crippen LogP contribution in [0.4, 0.5) is 0 Å². The largest absolute Gasteiger partial charge is 0.372 e. The first-order chi connectivity index (χ1) is 15.9. The zero-order chi connectivity index (χ0) is 25.1. The molecular formula is C24H31ClN3O5S+. The lowest BCUT2D eigenvalue weighted by atomic mass is 9.91. The van der Waals surface area contributed by atoms with Crippen molar-refractivity contribution in [3.05, 3.63) is 70.2 Å². The highest BCUT2D eigenvalue weighted by Gasteiger charge is 2.57. The topological polar surface area (TPSA) is 127 Å². The molecule has 1 unspecified atom stereocenters. The van der Waals surface area contributed by atoms with E-state index in [9.17, 15) is 23.1 Å². The van der Waals surface area contributed by atoms with Crippen molar-refractivity contribution in [3.8, 4) is 0 Å². The van der Waals surface area contributed by atoms with E-state index >= 15 is 0 Å². The summed E-state index contributed by atoms with van der Waals surface area (Å²) in [6, 6.07) is 13.0. The maximum absolute atomic E-state index is 14.0. The van der Waals surface area contributed by atoms with Gasteiger partial charge >= 0.3 is 5.91 Å². The number of amides is 2. The van der Waals surface area contributed by atoms with Gasteiger partial charge in [0.25, 0.3) is 5.91 Å². The average molecular weight is 509 g/mol. The summed E-state index contributed by atoms with van der Waals surface area (Å²) in [5, 5.41) is 11.8. The number of quaternary nitrogens is 1. The lowest BCUT2D eigenvalue weighted by Crippen LogP contribution is -2.64. The first-order valence-electron chi connectivity index (χ1n) is 11.1. The standard InChI is InChI=1S/C24H30ClN3O5S/c1-24(31,19-7-4-3-5-8-19)23(30)28(14-6-9-21(28)22(26)29)16-18-15-20(25)11-10-17(18)12-13-27-34(2,32)33/h3-5,7-8,10-11,15,21,27,31H,6,9,12-14,16H2,1-2H3,(H-,26,29)/p+1/t21-,24+,28?/m0/s1. The fraction of sp³-hybridized carbons (Fsp3) is 0.417. The number of sulfonamides is 1. The quantitative estimate of drug-likeness (QED) is 0.445. The van der Waals surface area contributed by atoms with Crippen molar-refractivity contribution >= 4 is 33.4 Å². The van der Waals surface area contributed by atoms with E-state index in [0.29, 0.717) is 42.0 Å². The lowest BCUT2D eigenvalue weighted by Gasteiger charge is -2.40. The van der Waals surface area contributed by atoms with Gasteiger partial charge in [-0.25, -0.2) is 22.4 Å². The minimum Gasteiger partial charge on any atom is -0.372 e. The maximum Gasteiger partial charge on any atom is 0.350 e. The Hall–Kier alpha value is -2.30. The molecular weight excluding hydrogens is 478 g/mol. The van der Waals surface area contributed by atoms with Crippen molar-refractivity contribution < 1.29 is 27.6 Å². The van der Waals surface area contributed by atoms with Gasteiger partial charge in [-0.15, -0.1) is 0 Å². The number of rotatable bonds is 9. The van der Waals surface area contributed by atoms with Crippen molar-refractivity contribution in [2.45, 2.75) is 44.4 Å². The van der Waals surface area contributed by atoms with E-state index in [1.54, 1.807) is 48.5 Å². The van der Waals surface area contributed by atoms with E-state index in [0.717, 1.165) is 11.8 Å². The number of hydrogen-bond acceptors (Lipinski definition) is 5. The molecule has 1 aliphatic rings. The Bertz CT molecular complexity index is 1170. The van der Waals surface area contributed by atoms with Gasteiger partial charge in [0.15, 0.2) is 6.04 Å². The van der Waals surface area contributed by atoms with Crippen LogP contribution in [-0.4, -0.2) is 55.2 Å². The number of hydrogen-bond donors (Lipinski definition) is 3. The van der Waals surface area contributed by atoms with Gasteiger partial charge in [0.05, 0.1) is 12.8 Å². The number of aliphatic hydroxyl groups is 1. The Kier molecular flexibility index (Phi) is 7.84. The molecule has 8 nitrogen and oxygen atoms in total. The number of primary amides is 1. The SMILES string of the molecule is C[C@](O)(C(=O)[N+]1(Cc2cc(Cl)ccc2CCNS(C)(=O)=O)CCC[C@H]1C(N)=O)c1ccccc1. The van der Waals surface area contributed by atoms with Gasteiger partial charge in [-0.3, -0.25) is 4.79 Å². The molecule has 4 N–H and O–H groups in total. The first-order valence-corrected chi connectivity index (χ1v) is 13.3. The third kappa shape index (κ3) is 5.67. The average Bonchev–Trinajstić information content (AvgIpc) is 3.19. The van der Waals surface area contributed by atoms with Crippen LogP contribution in [0.5, 0.6) is 0 Å². The minimum atomic E-state index is -3.36. The Labute approximate surface area is 205 Å². The summed E-state index contributed by atoms with van der Waals surface area (Å²) >= 11 is 6.27. The zero-order valence-electron chi connectivity index (χ0n) is 19.3. The summed E-state index contributed by atoms with van der Waals surface area (Å²) in [5.74, 6) is -1.11. The highest BCUT2D eigenvalue weighted by molar-refractivity contribution is 7.88. The molecule has 1 aliphatic heterocycles. The van der Waals surface area contributed by atoms with E-state index in [1.807, 2.05) is 0 Å². The highest BCUT2D eigenvalue weighted by atomic mass is 35.5. The van der Waals surface area contributed by atoms with Crippen molar-refractivity contribution in [2.75, 3.05) is 19.3 Å². The lowest BCUT2D eigenvalue weighted by molar-refractivity contribution is -0.874. The molecule has 3 atom stereocenters. The number of likely N-dealkylation sites (tertiary alicyclic amines) is 1. The van der Waals surface area contributed by atoms with Gasteiger partial charge in [0.1, 0.15) is 6.54 Å². The molecule has 0 spiro atoms. The van der Waals surface area contributed by atoms with Crippen LogP contribution in [0, 0.1) is 0 Å². The van der Waals surface area contributed by atoms with Gasteiger partial charge in [-0.05, 0) is 36.6 Å². The predicted molar refractivity (Wildman–Crippen MR) is 130 cm³/mol. The van der Waals surface area contributed by atoms with Crippen molar-refractivity contribution in [1.29, 1.82) is 0 Å². The number of halogens is 1. The molecule has 2 aromatic rings. The molecule has 184 valence electrons. The molecule has 0 radical (unpaired) electrons. The van der Waals surface area contributed by atoms with Crippen LogP contribution in [0.2, 0.25) is 5.02 Å². The van der Waals surface area contributed by atoms with E-state index < -0.39 is 33.5 Å². The summed E-state index contributed by atoms with van der Waals surface area (Å²) < 4.78 is 25.1.